The van der Waals surface area contributed by atoms with Crippen LogP contribution >= 0.6 is 0 Å². The maximum atomic E-state index is 12.9. The Hall–Kier alpha value is -1.75. The van der Waals surface area contributed by atoms with E-state index < -0.39 is 0 Å². The van der Waals surface area contributed by atoms with Crippen molar-refractivity contribution in [3.63, 3.8) is 0 Å². The van der Waals surface area contributed by atoms with Gasteiger partial charge in [-0.3, -0.25) is 4.90 Å². The number of unbranched alkanes of at least 4 members (excludes halogenated alkanes) is 21. The van der Waals surface area contributed by atoms with E-state index in [4.69, 9.17) is 14.2 Å². The van der Waals surface area contributed by atoms with Crippen molar-refractivity contribution in [1.82, 2.24) is 4.90 Å². The van der Waals surface area contributed by atoms with Gasteiger partial charge >= 0.3 is 17.9 Å². The summed E-state index contributed by atoms with van der Waals surface area (Å²) in [6, 6.07) is 0. The number of esters is 3. The van der Waals surface area contributed by atoms with Crippen LogP contribution in [0.1, 0.15) is 175 Å². The standard InChI is InChI=1S/C48H99N4O6/c1-10-13-16-19-22-25-28-31-37-50(4,5)43-46(53)56-40-34-49(35-41-57-47(54)44-51(6,7)38-32-29-26-23-20-17-14-11-2)36-42-58-48(55)45-52(8,9)39-33-30-27-24-21-18-15-12-3/h10-45H2,1-9H3/q+3. The van der Waals surface area contributed by atoms with Crippen LogP contribution in [0, 0.1) is 0 Å². The number of rotatable bonds is 42. The summed E-state index contributed by atoms with van der Waals surface area (Å²) in [5.74, 6) is -0.596. The number of hydrogen-bond acceptors (Lipinski definition) is 7. The van der Waals surface area contributed by atoms with E-state index in [9.17, 15) is 14.4 Å². The number of carbonyl (C=O) groups excluding carboxylic acids is 3. The van der Waals surface area contributed by atoms with Crippen molar-refractivity contribution in [1.29, 1.82) is 0 Å². The molecule has 0 saturated carbocycles. The zero-order valence-corrected chi connectivity index (χ0v) is 40.2. The molecule has 0 radical (unpaired) electrons. The van der Waals surface area contributed by atoms with Gasteiger partial charge < -0.3 is 27.7 Å². The van der Waals surface area contributed by atoms with E-state index in [2.05, 4.69) is 68.0 Å². The highest BCUT2D eigenvalue weighted by Crippen LogP contribution is 2.13. The fourth-order valence-corrected chi connectivity index (χ4v) is 7.64. The molecule has 0 aliphatic heterocycles. The van der Waals surface area contributed by atoms with Crippen LogP contribution in [0.3, 0.4) is 0 Å². The minimum atomic E-state index is -0.199. The molecule has 0 aliphatic carbocycles. The molecule has 0 heterocycles. The summed E-state index contributed by atoms with van der Waals surface area (Å²) in [5.41, 5.74) is 0. The normalized spacial score (nSPS) is 12.3. The van der Waals surface area contributed by atoms with Gasteiger partial charge in [0.1, 0.15) is 19.8 Å². The van der Waals surface area contributed by atoms with Gasteiger partial charge in [0.15, 0.2) is 19.6 Å². The molecule has 0 atom stereocenters. The van der Waals surface area contributed by atoms with Crippen molar-refractivity contribution in [2.45, 2.75) is 175 Å². The van der Waals surface area contributed by atoms with E-state index in [1.165, 1.54) is 135 Å². The van der Waals surface area contributed by atoms with Crippen LogP contribution in [0.4, 0.5) is 0 Å². The second-order valence-corrected chi connectivity index (χ2v) is 19.4. The first-order valence-corrected chi connectivity index (χ1v) is 24.3. The summed E-state index contributed by atoms with van der Waals surface area (Å²) in [4.78, 5) is 40.7. The summed E-state index contributed by atoms with van der Waals surface area (Å²) in [5, 5.41) is 0. The van der Waals surface area contributed by atoms with E-state index >= 15 is 0 Å². The maximum Gasteiger partial charge on any atom is 0.361 e. The van der Waals surface area contributed by atoms with Crippen molar-refractivity contribution < 1.29 is 42.0 Å². The number of hydrogen-bond donors (Lipinski definition) is 0. The number of quaternary nitrogens is 3. The third kappa shape index (κ3) is 37.3. The van der Waals surface area contributed by atoms with Crippen molar-refractivity contribution >= 4 is 17.9 Å². The highest BCUT2D eigenvalue weighted by Gasteiger charge is 2.24. The molecule has 0 aliphatic rings. The fourth-order valence-electron chi connectivity index (χ4n) is 7.64. The molecule has 0 aromatic rings. The van der Waals surface area contributed by atoms with Gasteiger partial charge in [-0.05, 0) is 38.5 Å². The summed E-state index contributed by atoms with van der Waals surface area (Å²) in [6.45, 7) is 12.8. The molecule has 0 aromatic carbocycles. The van der Waals surface area contributed by atoms with Gasteiger partial charge in [0.05, 0.1) is 61.9 Å². The quantitative estimate of drug-likeness (QED) is 0.0263. The molecular formula is C48H99N4O6+3. The Morgan fingerprint density at radius 1 is 0.345 bits per heavy atom. The molecular weight excluding hydrogens is 729 g/mol. The number of nitrogens with zero attached hydrogens (tertiary/aromatic N) is 4. The zero-order valence-electron chi connectivity index (χ0n) is 40.2. The molecule has 0 saturated heterocycles. The summed E-state index contributed by atoms with van der Waals surface area (Å²) < 4.78 is 19.0. The molecule has 0 fully saturated rings. The first-order valence-electron chi connectivity index (χ1n) is 24.3. The molecule has 10 heteroatoms. The number of carbonyl (C=O) groups is 3. The van der Waals surface area contributed by atoms with Crippen LogP contribution in [-0.2, 0) is 28.6 Å². The topological polar surface area (TPSA) is 82.1 Å². The van der Waals surface area contributed by atoms with Gasteiger partial charge in [-0.2, -0.15) is 0 Å². The third-order valence-corrected chi connectivity index (χ3v) is 11.5. The molecule has 58 heavy (non-hydrogen) atoms. The Kier molecular flexibility index (Phi) is 34.9. The SMILES string of the molecule is CCCCCCCCCC[N+](C)(C)CC(=O)OCCN(CCOC(=O)C[N+](C)(C)CCCCCCCCCC)CCOC(=O)C[N+](C)(C)CCCCCCCCCC. The first-order chi connectivity index (χ1) is 27.6. The molecule has 0 bridgehead atoms. The lowest BCUT2D eigenvalue weighted by molar-refractivity contribution is -0.883. The Labute approximate surface area is 359 Å². The Morgan fingerprint density at radius 2 is 0.552 bits per heavy atom. The van der Waals surface area contributed by atoms with Crippen molar-refractivity contribution in [2.24, 2.45) is 0 Å². The number of likely N-dealkylation sites (N-methyl/N-ethyl adjacent to an activating group) is 3. The minimum absolute atomic E-state index is 0.199. The molecule has 344 valence electrons. The van der Waals surface area contributed by atoms with Gasteiger partial charge in [0.25, 0.3) is 0 Å². The van der Waals surface area contributed by atoms with E-state index in [1.807, 2.05) is 0 Å². The second kappa shape index (κ2) is 36.0. The van der Waals surface area contributed by atoms with Crippen LogP contribution in [0.2, 0.25) is 0 Å². The van der Waals surface area contributed by atoms with E-state index in [-0.39, 0.29) is 37.7 Å². The van der Waals surface area contributed by atoms with Crippen LogP contribution in [0.15, 0.2) is 0 Å². The first kappa shape index (κ1) is 56.2. The predicted octanol–water partition coefficient (Wildman–Crippen LogP) is 9.57. The zero-order chi connectivity index (χ0) is 43.4. The fraction of sp³-hybridized carbons (Fsp3) is 0.938. The molecule has 0 rings (SSSR count). The molecule has 0 aromatic heterocycles. The second-order valence-electron chi connectivity index (χ2n) is 19.4. The Morgan fingerprint density at radius 3 is 0.776 bits per heavy atom. The highest BCUT2D eigenvalue weighted by atomic mass is 16.5. The lowest BCUT2D eigenvalue weighted by Gasteiger charge is -2.29. The highest BCUT2D eigenvalue weighted by molar-refractivity contribution is 5.71. The monoisotopic (exact) mass is 828 g/mol. The number of ether oxygens (including phenoxy) is 3. The minimum Gasteiger partial charge on any atom is -0.460 e. The van der Waals surface area contributed by atoms with E-state index in [1.54, 1.807) is 0 Å². The summed E-state index contributed by atoms with van der Waals surface area (Å²) in [7, 11) is 12.6. The van der Waals surface area contributed by atoms with Gasteiger partial charge in [-0.1, -0.05) is 136 Å². The summed E-state index contributed by atoms with van der Waals surface area (Å²) in [6.07, 6.45) is 30.5. The largest absolute Gasteiger partial charge is 0.460 e. The van der Waals surface area contributed by atoms with E-state index in [0.717, 1.165) is 38.9 Å². The molecule has 0 spiro atoms. The third-order valence-electron chi connectivity index (χ3n) is 11.5. The molecule has 0 amide bonds. The van der Waals surface area contributed by atoms with Crippen LogP contribution in [0.5, 0.6) is 0 Å². The lowest BCUT2D eigenvalue weighted by Crippen LogP contribution is -2.46. The van der Waals surface area contributed by atoms with Crippen LogP contribution in [0.25, 0.3) is 0 Å². The Balaban J connectivity index is 4.87. The van der Waals surface area contributed by atoms with E-state index in [0.29, 0.717) is 52.7 Å². The smallest absolute Gasteiger partial charge is 0.361 e. The lowest BCUT2D eigenvalue weighted by atomic mass is 10.1. The molecule has 10 nitrogen and oxygen atoms in total. The van der Waals surface area contributed by atoms with Crippen molar-refractivity contribution in [2.75, 3.05) is 121 Å². The van der Waals surface area contributed by atoms with Gasteiger partial charge in [0, 0.05) is 19.6 Å². The predicted molar refractivity (Wildman–Crippen MR) is 243 cm³/mol. The summed E-state index contributed by atoms with van der Waals surface area (Å²) >= 11 is 0. The van der Waals surface area contributed by atoms with Gasteiger partial charge in [-0.15, -0.1) is 0 Å². The Bertz CT molecular complexity index is 881. The average molecular weight is 828 g/mol. The maximum absolute atomic E-state index is 12.9. The van der Waals surface area contributed by atoms with Gasteiger partial charge in [0.2, 0.25) is 0 Å². The van der Waals surface area contributed by atoms with Gasteiger partial charge in [-0.25, -0.2) is 14.4 Å². The molecule has 0 unspecified atom stereocenters. The average Bonchev–Trinajstić information content (AvgIpc) is 3.14. The molecule has 0 N–H and O–H groups in total. The van der Waals surface area contributed by atoms with Crippen LogP contribution < -0.4 is 0 Å². The van der Waals surface area contributed by atoms with Crippen molar-refractivity contribution in [3.05, 3.63) is 0 Å². The van der Waals surface area contributed by atoms with Crippen molar-refractivity contribution in [3.8, 4) is 0 Å². The van der Waals surface area contributed by atoms with Crippen LogP contribution in [-0.4, -0.2) is 157 Å².